The first-order valence-corrected chi connectivity index (χ1v) is 5.33. The number of rotatable bonds is 6. The molecule has 0 amide bonds. The molecule has 1 rings (SSSR count). The zero-order valence-electron chi connectivity index (χ0n) is 8.76. The minimum atomic E-state index is -1.06. The summed E-state index contributed by atoms with van der Waals surface area (Å²) < 4.78 is 26.3. The number of hydrogen-bond acceptors (Lipinski definition) is 1. The van der Waals surface area contributed by atoms with Gasteiger partial charge < -0.3 is 5.73 Å². The lowest BCUT2D eigenvalue weighted by atomic mass is 10.0. The van der Waals surface area contributed by atoms with Gasteiger partial charge in [0.1, 0.15) is 12.0 Å². The molecule has 2 N–H and O–H groups in total. The van der Waals surface area contributed by atoms with Crippen molar-refractivity contribution in [2.24, 2.45) is 5.73 Å². The molecule has 0 spiro atoms. The molecule has 0 bridgehead atoms. The summed E-state index contributed by atoms with van der Waals surface area (Å²) in [4.78, 5) is 0. The molecule has 0 heterocycles. The Bertz CT molecular complexity index is 289. The van der Waals surface area contributed by atoms with Gasteiger partial charge in [-0.3, -0.25) is 0 Å². The number of halogens is 2. The molecule has 1 unspecified atom stereocenters. The summed E-state index contributed by atoms with van der Waals surface area (Å²) in [7, 11) is 0. The van der Waals surface area contributed by atoms with Gasteiger partial charge in [0.15, 0.2) is 0 Å². The average Bonchev–Trinajstić information content (AvgIpc) is 2.24. The zero-order valence-corrected chi connectivity index (χ0v) is 8.76. The minimum Gasteiger partial charge on any atom is -0.330 e. The van der Waals surface area contributed by atoms with Gasteiger partial charge in [-0.05, 0) is 37.1 Å². The van der Waals surface area contributed by atoms with E-state index in [2.05, 4.69) is 0 Å². The maximum absolute atomic E-state index is 13.5. The van der Waals surface area contributed by atoms with Gasteiger partial charge in [0.25, 0.3) is 0 Å². The summed E-state index contributed by atoms with van der Waals surface area (Å²) in [5, 5.41) is 0. The Hall–Kier alpha value is -0.960. The molecule has 84 valence electrons. The van der Waals surface area contributed by atoms with E-state index in [0.717, 1.165) is 19.3 Å². The second-order valence-corrected chi connectivity index (χ2v) is 3.66. The molecule has 1 nitrogen and oxygen atoms in total. The van der Waals surface area contributed by atoms with Crippen molar-refractivity contribution in [3.63, 3.8) is 0 Å². The van der Waals surface area contributed by atoms with Crippen LogP contribution in [0.5, 0.6) is 0 Å². The van der Waals surface area contributed by atoms with Gasteiger partial charge in [-0.15, -0.1) is 0 Å². The summed E-state index contributed by atoms with van der Waals surface area (Å²) in [5.41, 5.74) is 5.77. The quantitative estimate of drug-likeness (QED) is 0.720. The average molecular weight is 213 g/mol. The molecule has 0 aliphatic heterocycles. The van der Waals surface area contributed by atoms with Crippen molar-refractivity contribution < 1.29 is 8.78 Å². The summed E-state index contributed by atoms with van der Waals surface area (Å²) in [6, 6.07) is 5.74. The summed E-state index contributed by atoms with van der Waals surface area (Å²) in [6.07, 6.45) is 2.05. The Labute approximate surface area is 89.3 Å². The van der Waals surface area contributed by atoms with Gasteiger partial charge in [0, 0.05) is 0 Å². The first kappa shape index (κ1) is 12.1. The van der Waals surface area contributed by atoms with Crippen LogP contribution in [-0.4, -0.2) is 6.54 Å². The van der Waals surface area contributed by atoms with Crippen LogP contribution >= 0.6 is 0 Å². The smallest absolute Gasteiger partial charge is 0.125 e. The minimum absolute atomic E-state index is 0.378. The van der Waals surface area contributed by atoms with Gasteiger partial charge in [0.2, 0.25) is 0 Å². The lowest BCUT2D eigenvalue weighted by Gasteiger charge is -2.08. The maximum Gasteiger partial charge on any atom is 0.125 e. The van der Waals surface area contributed by atoms with Crippen molar-refractivity contribution >= 4 is 0 Å². The van der Waals surface area contributed by atoms with Gasteiger partial charge in [-0.1, -0.05) is 25.0 Å². The SMILES string of the molecule is NCCCCCC(F)c1cccc(F)c1. The highest BCUT2D eigenvalue weighted by Gasteiger charge is 2.09. The Kier molecular flexibility index (Phi) is 5.26. The highest BCUT2D eigenvalue weighted by Crippen LogP contribution is 2.24. The lowest BCUT2D eigenvalue weighted by molar-refractivity contribution is 0.312. The van der Waals surface area contributed by atoms with Crippen LogP contribution in [0.25, 0.3) is 0 Å². The van der Waals surface area contributed by atoms with E-state index in [1.807, 2.05) is 0 Å². The molecule has 0 radical (unpaired) electrons. The second-order valence-electron chi connectivity index (χ2n) is 3.66. The number of unbranched alkanes of at least 4 members (excludes halogenated alkanes) is 2. The molecule has 0 saturated heterocycles. The fourth-order valence-corrected chi connectivity index (χ4v) is 1.51. The van der Waals surface area contributed by atoms with Crippen molar-refractivity contribution in [3.05, 3.63) is 35.6 Å². The molecule has 0 aliphatic carbocycles. The number of hydrogen-bond donors (Lipinski definition) is 1. The molecule has 3 heteroatoms. The van der Waals surface area contributed by atoms with E-state index >= 15 is 0 Å². The fourth-order valence-electron chi connectivity index (χ4n) is 1.51. The molecular formula is C12H17F2N. The van der Waals surface area contributed by atoms with Crippen molar-refractivity contribution in [3.8, 4) is 0 Å². The van der Waals surface area contributed by atoms with Crippen LogP contribution in [0, 0.1) is 5.82 Å². The highest BCUT2D eigenvalue weighted by molar-refractivity contribution is 5.18. The van der Waals surface area contributed by atoms with E-state index in [4.69, 9.17) is 5.73 Å². The molecular weight excluding hydrogens is 196 g/mol. The topological polar surface area (TPSA) is 26.0 Å². The molecule has 1 aromatic carbocycles. The first-order valence-electron chi connectivity index (χ1n) is 5.33. The molecule has 0 aliphatic rings. The third kappa shape index (κ3) is 4.38. The second kappa shape index (κ2) is 6.51. The molecule has 0 saturated carbocycles. The van der Waals surface area contributed by atoms with Gasteiger partial charge in [-0.2, -0.15) is 0 Å². The predicted octanol–water partition coefficient (Wildman–Crippen LogP) is 3.36. The number of benzene rings is 1. The van der Waals surface area contributed by atoms with Crippen LogP contribution in [0.4, 0.5) is 8.78 Å². The van der Waals surface area contributed by atoms with E-state index in [1.54, 1.807) is 6.07 Å². The molecule has 0 aromatic heterocycles. The summed E-state index contributed by atoms with van der Waals surface area (Å²) in [6.45, 7) is 0.650. The highest BCUT2D eigenvalue weighted by atomic mass is 19.1. The third-order valence-electron chi connectivity index (χ3n) is 2.37. The van der Waals surface area contributed by atoms with Crippen molar-refractivity contribution in [2.45, 2.75) is 31.9 Å². The van der Waals surface area contributed by atoms with Gasteiger partial charge in [0.05, 0.1) is 0 Å². The third-order valence-corrected chi connectivity index (χ3v) is 2.37. The Balaban J connectivity index is 2.36. The lowest BCUT2D eigenvalue weighted by Crippen LogP contribution is -1.98. The van der Waals surface area contributed by atoms with Crippen LogP contribution in [-0.2, 0) is 0 Å². The van der Waals surface area contributed by atoms with Crippen LogP contribution in [0.1, 0.15) is 37.4 Å². The van der Waals surface area contributed by atoms with Crippen molar-refractivity contribution in [2.75, 3.05) is 6.54 Å². The molecule has 1 aromatic rings. The zero-order chi connectivity index (χ0) is 11.1. The van der Waals surface area contributed by atoms with Crippen molar-refractivity contribution in [1.82, 2.24) is 0 Å². The van der Waals surface area contributed by atoms with Crippen molar-refractivity contribution in [1.29, 1.82) is 0 Å². The van der Waals surface area contributed by atoms with E-state index in [1.165, 1.54) is 18.2 Å². The normalized spacial score (nSPS) is 12.7. The van der Waals surface area contributed by atoms with Crippen LogP contribution in [0.3, 0.4) is 0 Å². The largest absolute Gasteiger partial charge is 0.330 e. The Morgan fingerprint density at radius 2 is 2.00 bits per heavy atom. The van der Waals surface area contributed by atoms with E-state index < -0.39 is 6.17 Å². The summed E-state index contributed by atoms with van der Waals surface area (Å²) >= 11 is 0. The monoisotopic (exact) mass is 213 g/mol. The van der Waals surface area contributed by atoms with E-state index in [9.17, 15) is 8.78 Å². The summed E-state index contributed by atoms with van der Waals surface area (Å²) in [5.74, 6) is -0.378. The molecule has 1 atom stereocenters. The van der Waals surface area contributed by atoms with E-state index in [0.29, 0.717) is 18.5 Å². The molecule has 15 heavy (non-hydrogen) atoms. The van der Waals surface area contributed by atoms with E-state index in [-0.39, 0.29) is 5.82 Å². The standard InChI is InChI=1S/C12H17F2N/c13-11-6-4-5-10(9-11)12(14)7-2-1-3-8-15/h4-6,9,12H,1-3,7-8,15H2. The fraction of sp³-hybridized carbons (Fsp3) is 0.500. The Morgan fingerprint density at radius 1 is 1.20 bits per heavy atom. The van der Waals surface area contributed by atoms with Crippen LogP contribution in [0.15, 0.2) is 24.3 Å². The Morgan fingerprint density at radius 3 is 2.67 bits per heavy atom. The predicted molar refractivity (Wildman–Crippen MR) is 57.8 cm³/mol. The number of nitrogens with two attached hydrogens (primary N) is 1. The van der Waals surface area contributed by atoms with Gasteiger partial charge in [-0.25, -0.2) is 8.78 Å². The van der Waals surface area contributed by atoms with Crippen LogP contribution < -0.4 is 5.73 Å². The molecule has 0 fully saturated rings. The first-order chi connectivity index (χ1) is 7.24. The van der Waals surface area contributed by atoms with Gasteiger partial charge >= 0.3 is 0 Å². The van der Waals surface area contributed by atoms with Crippen LogP contribution in [0.2, 0.25) is 0 Å². The number of alkyl halides is 1. The maximum atomic E-state index is 13.5.